The Morgan fingerprint density at radius 1 is 1.23 bits per heavy atom. The second-order valence-corrected chi connectivity index (χ2v) is 6.20. The van der Waals surface area contributed by atoms with Gasteiger partial charge in [0.25, 0.3) is 5.91 Å². The van der Waals surface area contributed by atoms with Gasteiger partial charge in [-0.3, -0.25) is 10.1 Å². The molecule has 1 atom stereocenters. The molecule has 0 saturated heterocycles. The zero-order valence-corrected chi connectivity index (χ0v) is 14.6. The maximum atomic E-state index is 12.1. The summed E-state index contributed by atoms with van der Waals surface area (Å²) in [4.78, 5) is 12.1. The molecule has 0 radical (unpaired) electrons. The smallest absolute Gasteiger partial charge is 0.257 e. The van der Waals surface area contributed by atoms with Crippen LogP contribution < -0.4 is 15.4 Å². The minimum atomic E-state index is -0.213. The molecule has 0 saturated carbocycles. The van der Waals surface area contributed by atoms with Gasteiger partial charge in [-0.1, -0.05) is 20.8 Å². The van der Waals surface area contributed by atoms with Crippen molar-refractivity contribution in [1.29, 1.82) is 0 Å². The van der Waals surface area contributed by atoms with E-state index in [1.54, 1.807) is 24.3 Å². The molecular formula is C17H26N2O2S. The van der Waals surface area contributed by atoms with Crippen LogP contribution in [0.25, 0.3) is 0 Å². The highest BCUT2D eigenvalue weighted by Crippen LogP contribution is 2.13. The molecule has 4 nitrogen and oxygen atoms in total. The summed E-state index contributed by atoms with van der Waals surface area (Å²) >= 11 is 5.11. The standard InChI is InChI=1S/C17H26N2O2S/c1-5-13(4)18-17(22)19-16(20)14-6-8-15(9-7-14)21-11-10-12(2)3/h6-9,12-13H,5,10-11H2,1-4H3,(H2,18,19,20,22). The fourth-order valence-electron chi connectivity index (χ4n) is 1.65. The number of hydrogen-bond acceptors (Lipinski definition) is 3. The third kappa shape index (κ3) is 6.89. The SMILES string of the molecule is CCC(C)NC(=S)NC(=O)c1ccc(OCCC(C)C)cc1. The lowest BCUT2D eigenvalue weighted by Gasteiger charge is -2.14. The van der Waals surface area contributed by atoms with E-state index in [2.05, 4.69) is 31.4 Å². The summed E-state index contributed by atoms with van der Waals surface area (Å²) in [6.45, 7) is 9.08. The van der Waals surface area contributed by atoms with Gasteiger partial charge in [-0.25, -0.2) is 0 Å². The lowest BCUT2D eigenvalue weighted by molar-refractivity contribution is 0.0976. The summed E-state index contributed by atoms with van der Waals surface area (Å²) in [5.74, 6) is 1.18. The van der Waals surface area contributed by atoms with E-state index in [0.29, 0.717) is 23.2 Å². The first-order valence-corrected chi connectivity index (χ1v) is 8.17. The Labute approximate surface area is 138 Å². The van der Waals surface area contributed by atoms with Gasteiger partial charge >= 0.3 is 0 Å². The molecule has 0 bridgehead atoms. The van der Waals surface area contributed by atoms with Gasteiger partial charge in [-0.2, -0.15) is 0 Å². The molecule has 1 rings (SSSR count). The van der Waals surface area contributed by atoms with Crippen LogP contribution in [0.3, 0.4) is 0 Å². The molecule has 1 aromatic rings. The van der Waals surface area contributed by atoms with E-state index < -0.39 is 0 Å². The van der Waals surface area contributed by atoms with Crippen LogP contribution in [0.1, 0.15) is 50.9 Å². The van der Waals surface area contributed by atoms with E-state index in [9.17, 15) is 4.79 Å². The molecule has 0 aliphatic carbocycles. The van der Waals surface area contributed by atoms with Gasteiger partial charge in [0.2, 0.25) is 0 Å². The summed E-state index contributed by atoms with van der Waals surface area (Å²) in [6, 6.07) is 7.34. The van der Waals surface area contributed by atoms with Gasteiger partial charge in [0.15, 0.2) is 5.11 Å². The number of carbonyl (C=O) groups is 1. The van der Waals surface area contributed by atoms with Crippen molar-refractivity contribution >= 4 is 23.2 Å². The van der Waals surface area contributed by atoms with E-state index in [-0.39, 0.29) is 11.9 Å². The summed E-state index contributed by atoms with van der Waals surface area (Å²) in [6.07, 6.45) is 1.95. The second-order valence-electron chi connectivity index (χ2n) is 5.79. The van der Waals surface area contributed by atoms with Crippen LogP contribution in [0.4, 0.5) is 0 Å². The number of ether oxygens (including phenoxy) is 1. The summed E-state index contributed by atoms with van der Waals surface area (Å²) < 4.78 is 5.63. The van der Waals surface area contributed by atoms with E-state index >= 15 is 0 Å². The van der Waals surface area contributed by atoms with E-state index in [1.807, 2.05) is 6.92 Å². The highest BCUT2D eigenvalue weighted by Gasteiger charge is 2.09. The molecule has 0 fully saturated rings. The van der Waals surface area contributed by atoms with Crippen LogP contribution in [0, 0.1) is 5.92 Å². The molecule has 122 valence electrons. The van der Waals surface area contributed by atoms with Crippen molar-refractivity contribution in [2.75, 3.05) is 6.61 Å². The third-order valence-corrected chi connectivity index (χ3v) is 3.52. The molecule has 1 unspecified atom stereocenters. The summed E-state index contributed by atoms with van der Waals surface area (Å²) in [5, 5.41) is 6.09. The number of hydrogen-bond donors (Lipinski definition) is 2. The first kappa shape index (κ1) is 18.4. The lowest BCUT2D eigenvalue weighted by atomic mass is 10.1. The van der Waals surface area contributed by atoms with Crippen LogP contribution in [0.2, 0.25) is 0 Å². The molecule has 1 aromatic carbocycles. The zero-order valence-electron chi connectivity index (χ0n) is 13.8. The highest BCUT2D eigenvalue weighted by atomic mass is 32.1. The Morgan fingerprint density at radius 2 is 1.86 bits per heavy atom. The Bertz CT molecular complexity index is 486. The molecule has 0 aliphatic rings. The fraction of sp³-hybridized carbons (Fsp3) is 0.529. The van der Waals surface area contributed by atoms with Crippen LogP contribution >= 0.6 is 12.2 Å². The average Bonchev–Trinajstić information content (AvgIpc) is 2.47. The van der Waals surface area contributed by atoms with Gasteiger partial charge in [0, 0.05) is 11.6 Å². The predicted octanol–water partition coefficient (Wildman–Crippen LogP) is 3.51. The van der Waals surface area contributed by atoms with Crippen molar-refractivity contribution in [3.63, 3.8) is 0 Å². The molecule has 1 amide bonds. The number of rotatable bonds is 7. The predicted molar refractivity (Wildman–Crippen MR) is 94.3 cm³/mol. The van der Waals surface area contributed by atoms with Crippen LogP contribution in [-0.4, -0.2) is 23.7 Å². The molecular weight excluding hydrogens is 296 g/mol. The van der Waals surface area contributed by atoms with Crippen LogP contribution in [0.5, 0.6) is 5.75 Å². The third-order valence-electron chi connectivity index (χ3n) is 3.30. The lowest BCUT2D eigenvalue weighted by Crippen LogP contribution is -2.43. The Balaban J connectivity index is 2.48. The van der Waals surface area contributed by atoms with Crippen molar-refractivity contribution in [2.45, 2.75) is 46.6 Å². The number of amides is 1. The van der Waals surface area contributed by atoms with Crippen molar-refractivity contribution in [3.8, 4) is 5.75 Å². The Morgan fingerprint density at radius 3 is 2.41 bits per heavy atom. The molecule has 0 aliphatic heterocycles. The molecule has 0 heterocycles. The van der Waals surface area contributed by atoms with E-state index in [0.717, 1.165) is 18.6 Å². The first-order chi connectivity index (χ1) is 10.4. The summed E-state index contributed by atoms with van der Waals surface area (Å²) in [7, 11) is 0. The van der Waals surface area contributed by atoms with Gasteiger partial charge in [0.1, 0.15) is 5.75 Å². The summed E-state index contributed by atoms with van der Waals surface area (Å²) in [5.41, 5.74) is 0.560. The minimum absolute atomic E-state index is 0.213. The van der Waals surface area contributed by atoms with Gasteiger partial charge in [-0.15, -0.1) is 0 Å². The van der Waals surface area contributed by atoms with Crippen molar-refractivity contribution < 1.29 is 9.53 Å². The highest BCUT2D eigenvalue weighted by molar-refractivity contribution is 7.80. The van der Waals surface area contributed by atoms with Gasteiger partial charge in [-0.05, 0) is 62.2 Å². The maximum absolute atomic E-state index is 12.1. The fourth-order valence-corrected chi connectivity index (χ4v) is 1.95. The molecule has 0 spiro atoms. The number of nitrogens with one attached hydrogen (secondary N) is 2. The number of thiocarbonyl (C=S) groups is 1. The average molecular weight is 322 g/mol. The quantitative estimate of drug-likeness (QED) is 0.754. The topological polar surface area (TPSA) is 50.4 Å². The number of carbonyl (C=O) groups excluding carboxylic acids is 1. The molecule has 22 heavy (non-hydrogen) atoms. The van der Waals surface area contributed by atoms with E-state index in [1.165, 1.54) is 0 Å². The zero-order chi connectivity index (χ0) is 16.5. The maximum Gasteiger partial charge on any atom is 0.257 e. The minimum Gasteiger partial charge on any atom is -0.494 e. The first-order valence-electron chi connectivity index (χ1n) is 7.77. The monoisotopic (exact) mass is 322 g/mol. The second kappa shape index (κ2) is 9.41. The Hall–Kier alpha value is -1.62. The van der Waals surface area contributed by atoms with Crippen LogP contribution in [-0.2, 0) is 0 Å². The van der Waals surface area contributed by atoms with Crippen molar-refractivity contribution in [1.82, 2.24) is 10.6 Å². The van der Waals surface area contributed by atoms with Gasteiger partial charge < -0.3 is 10.1 Å². The normalized spacial score (nSPS) is 11.9. The van der Waals surface area contributed by atoms with Crippen molar-refractivity contribution in [2.24, 2.45) is 5.92 Å². The number of benzene rings is 1. The molecule has 0 aromatic heterocycles. The Kier molecular flexibility index (Phi) is 7.88. The largest absolute Gasteiger partial charge is 0.494 e. The van der Waals surface area contributed by atoms with E-state index in [4.69, 9.17) is 17.0 Å². The van der Waals surface area contributed by atoms with Crippen LogP contribution in [0.15, 0.2) is 24.3 Å². The van der Waals surface area contributed by atoms with Gasteiger partial charge in [0.05, 0.1) is 6.61 Å². The molecule has 5 heteroatoms. The molecule has 2 N–H and O–H groups in total. The van der Waals surface area contributed by atoms with Crippen molar-refractivity contribution in [3.05, 3.63) is 29.8 Å².